The zero-order valence-electron chi connectivity index (χ0n) is 10.9. The number of alkyl halides is 1. The molecule has 0 spiro atoms. The molecule has 3 rings (SSSR count). The van der Waals surface area contributed by atoms with Crippen molar-refractivity contribution in [3.8, 4) is 5.75 Å². The molecule has 2 unspecified atom stereocenters. The first kappa shape index (κ1) is 12.8. The first-order valence-corrected chi connectivity index (χ1v) is 7.15. The number of phenols is 1. The maximum atomic E-state index is 10.2. The van der Waals surface area contributed by atoms with Gasteiger partial charge in [0.1, 0.15) is 5.75 Å². The van der Waals surface area contributed by atoms with Gasteiger partial charge < -0.3 is 10.2 Å². The monoisotopic (exact) mass is 276 g/mol. The van der Waals surface area contributed by atoms with E-state index in [1.165, 1.54) is 11.1 Å². The highest BCUT2D eigenvalue weighted by Crippen LogP contribution is 2.48. The van der Waals surface area contributed by atoms with E-state index in [1.54, 1.807) is 0 Å². The standard InChI is InChI=1S/C16H17ClO2/c1-9-5-11(7-17)16-13(9)6-14(19)12-4-2-3-10(8-18)15(12)16/h2-4,6,9,11,18-19H,5,7-8H2,1H3. The number of aliphatic hydroxyl groups is 1. The minimum atomic E-state index is -0.0172. The molecular weight excluding hydrogens is 260 g/mol. The Morgan fingerprint density at radius 2 is 2.16 bits per heavy atom. The van der Waals surface area contributed by atoms with Gasteiger partial charge in [-0.3, -0.25) is 0 Å². The maximum absolute atomic E-state index is 10.2. The lowest BCUT2D eigenvalue weighted by atomic mass is 9.91. The normalized spacial score (nSPS) is 21.8. The lowest BCUT2D eigenvalue weighted by Crippen LogP contribution is -1.99. The van der Waals surface area contributed by atoms with Crippen LogP contribution in [0.3, 0.4) is 0 Å². The second-order valence-corrected chi connectivity index (χ2v) is 5.69. The molecule has 2 N–H and O–H groups in total. The van der Waals surface area contributed by atoms with Gasteiger partial charge in [0.25, 0.3) is 0 Å². The average molecular weight is 277 g/mol. The van der Waals surface area contributed by atoms with Gasteiger partial charge in [-0.25, -0.2) is 0 Å². The summed E-state index contributed by atoms with van der Waals surface area (Å²) in [5.74, 6) is 1.59. The molecule has 1 aliphatic carbocycles. The molecule has 0 radical (unpaired) electrons. The second kappa shape index (κ2) is 4.69. The van der Waals surface area contributed by atoms with Crippen LogP contribution in [-0.2, 0) is 6.61 Å². The largest absolute Gasteiger partial charge is 0.507 e. The number of phenolic OH excluding ortho intramolecular Hbond substituents is 1. The predicted molar refractivity (Wildman–Crippen MR) is 78.0 cm³/mol. The van der Waals surface area contributed by atoms with Gasteiger partial charge in [0.2, 0.25) is 0 Å². The number of fused-ring (bicyclic) bond motifs is 3. The number of halogens is 1. The Morgan fingerprint density at radius 3 is 2.84 bits per heavy atom. The molecule has 3 heteroatoms. The van der Waals surface area contributed by atoms with Gasteiger partial charge in [-0.05, 0) is 46.4 Å². The first-order chi connectivity index (χ1) is 9.17. The van der Waals surface area contributed by atoms with Crippen molar-refractivity contribution in [2.75, 3.05) is 5.88 Å². The summed E-state index contributed by atoms with van der Waals surface area (Å²) in [6, 6.07) is 7.55. The Morgan fingerprint density at radius 1 is 1.37 bits per heavy atom. The minimum absolute atomic E-state index is 0.0172. The van der Waals surface area contributed by atoms with E-state index in [0.717, 1.165) is 22.8 Å². The molecule has 0 saturated heterocycles. The zero-order chi connectivity index (χ0) is 13.6. The van der Waals surface area contributed by atoms with Crippen molar-refractivity contribution < 1.29 is 10.2 Å². The zero-order valence-corrected chi connectivity index (χ0v) is 11.6. The highest BCUT2D eigenvalue weighted by Gasteiger charge is 2.31. The highest BCUT2D eigenvalue weighted by molar-refractivity contribution is 6.18. The van der Waals surface area contributed by atoms with E-state index in [-0.39, 0.29) is 6.61 Å². The molecule has 100 valence electrons. The fraction of sp³-hybridized carbons (Fsp3) is 0.375. The van der Waals surface area contributed by atoms with Gasteiger partial charge in [0, 0.05) is 11.3 Å². The molecule has 2 nitrogen and oxygen atoms in total. The van der Waals surface area contributed by atoms with Crippen LogP contribution in [-0.4, -0.2) is 16.1 Å². The molecule has 0 bridgehead atoms. The highest BCUT2D eigenvalue weighted by atomic mass is 35.5. The molecule has 0 saturated carbocycles. The van der Waals surface area contributed by atoms with Crippen molar-refractivity contribution in [1.29, 1.82) is 0 Å². The van der Waals surface area contributed by atoms with Crippen LogP contribution >= 0.6 is 11.6 Å². The predicted octanol–water partition coefficient (Wildman–Crippen LogP) is 3.87. The average Bonchev–Trinajstić information content (AvgIpc) is 2.75. The lowest BCUT2D eigenvalue weighted by Gasteiger charge is -2.15. The Bertz CT molecular complexity index is 636. The van der Waals surface area contributed by atoms with Crippen molar-refractivity contribution in [3.05, 3.63) is 41.0 Å². The fourth-order valence-electron chi connectivity index (χ4n) is 3.37. The third kappa shape index (κ3) is 1.82. The fourth-order valence-corrected chi connectivity index (χ4v) is 3.65. The van der Waals surface area contributed by atoms with E-state index in [2.05, 4.69) is 6.92 Å². The number of aliphatic hydroxyl groups excluding tert-OH is 1. The summed E-state index contributed by atoms with van der Waals surface area (Å²) in [6.45, 7) is 2.15. The number of benzene rings is 2. The minimum Gasteiger partial charge on any atom is -0.507 e. The van der Waals surface area contributed by atoms with Crippen LogP contribution in [0.1, 0.15) is 41.9 Å². The van der Waals surface area contributed by atoms with Crippen LogP contribution in [0.4, 0.5) is 0 Å². The first-order valence-electron chi connectivity index (χ1n) is 6.61. The van der Waals surface area contributed by atoms with Gasteiger partial charge in [0.05, 0.1) is 6.61 Å². The molecule has 0 fully saturated rings. The van der Waals surface area contributed by atoms with E-state index in [9.17, 15) is 10.2 Å². The summed E-state index contributed by atoms with van der Waals surface area (Å²) < 4.78 is 0. The number of rotatable bonds is 2. The Hall–Kier alpha value is -1.25. The number of aromatic hydroxyl groups is 1. The van der Waals surface area contributed by atoms with E-state index in [0.29, 0.717) is 23.5 Å². The molecule has 19 heavy (non-hydrogen) atoms. The summed E-state index contributed by atoms with van der Waals surface area (Å²) in [6.07, 6.45) is 1.01. The SMILES string of the molecule is CC1CC(CCl)c2c1cc(O)c1cccc(CO)c21. The molecule has 0 aromatic heterocycles. The van der Waals surface area contributed by atoms with Crippen LogP contribution in [0.2, 0.25) is 0 Å². The van der Waals surface area contributed by atoms with E-state index < -0.39 is 0 Å². The number of hydrogen-bond acceptors (Lipinski definition) is 2. The molecular formula is C16H17ClO2. The Balaban J connectivity index is 2.43. The summed E-state index contributed by atoms with van der Waals surface area (Å²) in [7, 11) is 0. The van der Waals surface area contributed by atoms with Crippen molar-refractivity contribution in [3.63, 3.8) is 0 Å². The van der Waals surface area contributed by atoms with Gasteiger partial charge in [-0.1, -0.05) is 25.1 Å². The smallest absolute Gasteiger partial charge is 0.123 e. The summed E-state index contributed by atoms with van der Waals surface area (Å²) in [5.41, 5.74) is 3.27. The number of hydrogen-bond donors (Lipinski definition) is 2. The van der Waals surface area contributed by atoms with Crippen LogP contribution in [0.15, 0.2) is 24.3 Å². The quantitative estimate of drug-likeness (QED) is 0.818. The molecule has 0 aliphatic heterocycles. The molecule has 1 aliphatic rings. The Labute approximate surface area is 117 Å². The molecule has 2 aromatic rings. The lowest BCUT2D eigenvalue weighted by molar-refractivity contribution is 0.283. The summed E-state index contributed by atoms with van der Waals surface area (Å²) in [5, 5.41) is 21.6. The molecule has 0 heterocycles. The summed E-state index contributed by atoms with van der Waals surface area (Å²) >= 11 is 6.11. The van der Waals surface area contributed by atoms with E-state index in [4.69, 9.17) is 11.6 Å². The van der Waals surface area contributed by atoms with Crippen LogP contribution < -0.4 is 0 Å². The maximum Gasteiger partial charge on any atom is 0.123 e. The molecule has 2 aromatic carbocycles. The molecule has 0 amide bonds. The molecule has 2 atom stereocenters. The topological polar surface area (TPSA) is 40.5 Å². The van der Waals surface area contributed by atoms with Gasteiger partial charge in [-0.15, -0.1) is 11.6 Å². The van der Waals surface area contributed by atoms with Crippen LogP contribution in [0.5, 0.6) is 5.75 Å². The van der Waals surface area contributed by atoms with Crippen molar-refractivity contribution >= 4 is 22.4 Å². The van der Waals surface area contributed by atoms with Crippen LogP contribution in [0, 0.1) is 0 Å². The van der Waals surface area contributed by atoms with E-state index >= 15 is 0 Å². The summed E-state index contributed by atoms with van der Waals surface area (Å²) in [4.78, 5) is 0. The van der Waals surface area contributed by atoms with Crippen LogP contribution in [0.25, 0.3) is 10.8 Å². The third-order valence-corrected chi connectivity index (χ3v) is 4.61. The van der Waals surface area contributed by atoms with Crippen molar-refractivity contribution in [2.24, 2.45) is 0 Å². The van der Waals surface area contributed by atoms with Crippen molar-refractivity contribution in [2.45, 2.75) is 31.8 Å². The van der Waals surface area contributed by atoms with Crippen molar-refractivity contribution in [1.82, 2.24) is 0 Å². The van der Waals surface area contributed by atoms with Gasteiger partial charge >= 0.3 is 0 Å². The van der Waals surface area contributed by atoms with E-state index in [1.807, 2.05) is 24.3 Å². The third-order valence-electron chi connectivity index (χ3n) is 4.23. The Kier molecular flexibility index (Phi) is 3.15. The van der Waals surface area contributed by atoms with Gasteiger partial charge in [-0.2, -0.15) is 0 Å². The van der Waals surface area contributed by atoms with Gasteiger partial charge in [0.15, 0.2) is 0 Å². The second-order valence-electron chi connectivity index (χ2n) is 5.38.